The number of aryl methyl sites for hydroxylation is 2. The number of hydrogen-bond donors (Lipinski definition) is 0. The molecule has 5 rings (SSSR count). The van der Waals surface area contributed by atoms with Crippen molar-refractivity contribution in [2.45, 2.75) is 87.0 Å². The Hall–Kier alpha value is -6.38. The van der Waals surface area contributed by atoms with Crippen molar-refractivity contribution in [1.29, 1.82) is 0 Å². The third-order valence-electron chi connectivity index (χ3n) is 11.3. The Labute approximate surface area is 368 Å². The highest BCUT2D eigenvalue weighted by molar-refractivity contribution is 5.82. The van der Waals surface area contributed by atoms with Crippen molar-refractivity contribution in [2.75, 3.05) is 9.80 Å². The number of anilines is 3. The summed E-state index contributed by atoms with van der Waals surface area (Å²) in [5, 5.41) is 0. The van der Waals surface area contributed by atoms with Gasteiger partial charge in [0.15, 0.2) is 0 Å². The molecule has 0 radical (unpaired) electrons. The summed E-state index contributed by atoms with van der Waals surface area (Å²) >= 11 is 0. The van der Waals surface area contributed by atoms with Crippen molar-refractivity contribution in [3.63, 3.8) is 0 Å². The quantitative estimate of drug-likeness (QED) is 0.0981. The van der Waals surface area contributed by atoms with E-state index in [1.165, 1.54) is 50.3 Å². The molecule has 0 heterocycles. The van der Waals surface area contributed by atoms with Gasteiger partial charge in [-0.05, 0) is 166 Å². The summed E-state index contributed by atoms with van der Waals surface area (Å²) < 4.78 is 0. The summed E-state index contributed by atoms with van der Waals surface area (Å²) in [6.07, 6.45) is 37.0. The highest BCUT2D eigenvalue weighted by Gasteiger charge is 2.20. The smallest absolute Gasteiger partial charge is 0.0464 e. The average molecular weight is 803 g/mol. The molecular weight excluding hydrogens is 737 g/mol. The third kappa shape index (κ3) is 12.1. The number of hydrogen-bond acceptors (Lipinski definition) is 2. The molecule has 312 valence electrons. The molecule has 2 nitrogen and oxygen atoms in total. The first-order valence-electron chi connectivity index (χ1n) is 21.9. The molecule has 0 saturated heterocycles. The molecule has 0 aliphatic heterocycles. The van der Waals surface area contributed by atoms with Crippen molar-refractivity contribution in [3.8, 4) is 0 Å². The van der Waals surface area contributed by atoms with Crippen LogP contribution in [0.25, 0.3) is 11.6 Å². The lowest BCUT2D eigenvalue weighted by Gasteiger charge is -2.30. The fraction of sp³-hybridized carbons (Fsp3) is 0.220. The summed E-state index contributed by atoms with van der Waals surface area (Å²) in [6.45, 7) is 23.6. The molecule has 2 unspecified atom stereocenters. The van der Waals surface area contributed by atoms with Gasteiger partial charge in [0.2, 0.25) is 0 Å². The van der Waals surface area contributed by atoms with Gasteiger partial charge in [-0.3, -0.25) is 0 Å². The van der Waals surface area contributed by atoms with Crippen LogP contribution in [0.3, 0.4) is 0 Å². The van der Waals surface area contributed by atoms with Crippen LogP contribution in [0.5, 0.6) is 0 Å². The minimum atomic E-state index is 0.290. The first-order chi connectivity index (χ1) is 29.6. The molecule has 0 fully saturated rings. The lowest BCUT2D eigenvalue weighted by molar-refractivity contribution is 0.839. The minimum absolute atomic E-state index is 0.290. The van der Waals surface area contributed by atoms with E-state index in [9.17, 15) is 0 Å². The lowest BCUT2D eigenvalue weighted by Crippen LogP contribution is -2.18. The van der Waals surface area contributed by atoms with Crippen LogP contribution in [0.2, 0.25) is 0 Å². The van der Waals surface area contributed by atoms with Crippen molar-refractivity contribution < 1.29 is 0 Å². The van der Waals surface area contributed by atoms with Gasteiger partial charge in [-0.25, -0.2) is 0 Å². The Morgan fingerprint density at radius 1 is 0.770 bits per heavy atom. The van der Waals surface area contributed by atoms with Gasteiger partial charge in [-0.2, -0.15) is 0 Å². The molecule has 0 saturated carbocycles. The van der Waals surface area contributed by atoms with E-state index >= 15 is 0 Å². The summed E-state index contributed by atoms with van der Waals surface area (Å²) in [6, 6.07) is 33.3. The maximum atomic E-state index is 4.17. The van der Waals surface area contributed by atoms with Crippen LogP contribution in [0.1, 0.15) is 107 Å². The summed E-state index contributed by atoms with van der Waals surface area (Å²) in [5.41, 5.74) is 16.8. The van der Waals surface area contributed by atoms with Gasteiger partial charge in [-0.15, -0.1) is 0 Å². The first kappa shape index (κ1) is 45.7. The average Bonchev–Trinajstić information content (AvgIpc) is 3.27. The second kappa shape index (κ2) is 22.8. The van der Waals surface area contributed by atoms with E-state index in [2.05, 4.69) is 261 Å². The maximum Gasteiger partial charge on any atom is 0.0464 e. The van der Waals surface area contributed by atoms with E-state index in [1.54, 1.807) is 0 Å². The predicted octanol–water partition coefficient (Wildman–Crippen LogP) is 17.1. The SMILES string of the molecule is C=C/C(=C(C)\C=C/C)c1cc(N(/C(C)=C/C=C\C)/C(C)=C/C=C/c2cccc(C3C=CC(N(c4ccccc4)c4ccc(C)c(C(C)/C=C\C=C/CC)c4)=CC3)c2)ccc1C. The highest BCUT2D eigenvalue weighted by Crippen LogP contribution is 2.38. The molecule has 0 amide bonds. The molecule has 2 atom stereocenters. The summed E-state index contributed by atoms with van der Waals surface area (Å²) in [4.78, 5) is 4.72. The Morgan fingerprint density at radius 3 is 2.20 bits per heavy atom. The van der Waals surface area contributed by atoms with Crippen LogP contribution in [0, 0.1) is 13.8 Å². The van der Waals surface area contributed by atoms with E-state index in [-0.39, 0.29) is 0 Å². The fourth-order valence-corrected chi connectivity index (χ4v) is 7.98. The number of para-hydroxylation sites is 1. The molecule has 4 aromatic rings. The van der Waals surface area contributed by atoms with E-state index in [0.29, 0.717) is 11.8 Å². The molecule has 2 heteroatoms. The largest absolute Gasteiger partial charge is 0.319 e. The lowest BCUT2D eigenvalue weighted by atomic mass is 9.90. The van der Waals surface area contributed by atoms with Crippen LogP contribution in [0.4, 0.5) is 17.1 Å². The first-order valence-corrected chi connectivity index (χ1v) is 21.9. The molecule has 0 spiro atoms. The number of benzene rings is 4. The van der Waals surface area contributed by atoms with Gasteiger partial charge in [0.05, 0.1) is 0 Å². The summed E-state index contributed by atoms with van der Waals surface area (Å²) in [5.74, 6) is 0.592. The molecule has 1 aliphatic carbocycles. The summed E-state index contributed by atoms with van der Waals surface area (Å²) in [7, 11) is 0. The molecule has 0 bridgehead atoms. The van der Waals surface area contributed by atoms with Crippen molar-refractivity contribution in [2.24, 2.45) is 0 Å². The predicted molar refractivity (Wildman–Crippen MR) is 270 cm³/mol. The molecular formula is C59H66N2. The van der Waals surface area contributed by atoms with Gasteiger partial charge >= 0.3 is 0 Å². The van der Waals surface area contributed by atoms with Gasteiger partial charge in [0.1, 0.15) is 0 Å². The Bertz CT molecular complexity index is 2430. The zero-order chi connectivity index (χ0) is 43.7. The monoisotopic (exact) mass is 803 g/mol. The second-order valence-corrected chi connectivity index (χ2v) is 15.9. The van der Waals surface area contributed by atoms with Crippen LogP contribution >= 0.6 is 0 Å². The molecule has 1 aliphatic rings. The van der Waals surface area contributed by atoms with Crippen LogP contribution in [-0.2, 0) is 0 Å². The highest BCUT2D eigenvalue weighted by atomic mass is 15.2. The van der Waals surface area contributed by atoms with Gasteiger partial charge in [-0.1, -0.05) is 154 Å². The Balaban J connectivity index is 1.39. The molecule has 61 heavy (non-hydrogen) atoms. The standard InChI is InChI=1S/C59H66N2/c1-11-15-17-19-25-45(6)58-42-56(38-33-46(58)7)61(53-31-20-18-21-32-53)54-39-35-51(36-40-54)52-30-23-29-50(41-52)28-22-27-49(10)60(48(9)26-16-12-2)55-37-34-47(8)59(43-55)57(14-4)44(5)24-13-3/h12-35,37-43,45,51H,4,11,36H2,1-3,5-10H3/b16-12-,17-15-,24-13-,25-19-,28-22+,48-26+,49-27+,57-44+. The Morgan fingerprint density at radius 2 is 1.51 bits per heavy atom. The molecule has 0 N–H and O–H groups in total. The number of allylic oxidation sites excluding steroid dienone is 19. The Kier molecular flexibility index (Phi) is 17.1. The van der Waals surface area contributed by atoms with Gasteiger partial charge < -0.3 is 9.80 Å². The van der Waals surface area contributed by atoms with Gasteiger partial charge in [0.25, 0.3) is 0 Å². The topological polar surface area (TPSA) is 6.48 Å². The van der Waals surface area contributed by atoms with Crippen molar-refractivity contribution >= 4 is 28.7 Å². The number of rotatable bonds is 17. The molecule has 4 aromatic carbocycles. The van der Waals surface area contributed by atoms with E-state index in [0.717, 1.165) is 41.2 Å². The van der Waals surface area contributed by atoms with Crippen LogP contribution in [0.15, 0.2) is 211 Å². The zero-order valence-electron chi connectivity index (χ0n) is 38.1. The molecule has 0 aromatic heterocycles. The third-order valence-corrected chi connectivity index (χ3v) is 11.3. The zero-order valence-corrected chi connectivity index (χ0v) is 38.1. The van der Waals surface area contributed by atoms with E-state index < -0.39 is 0 Å². The minimum Gasteiger partial charge on any atom is -0.319 e. The van der Waals surface area contributed by atoms with Crippen LogP contribution < -0.4 is 9.80 Å². The second-order valence-electron chi connectivity index (χ2n) is 15.9. The van der Waals surface area contributed by atoms with Crippen molar-refractivity contribution in [3.05, 3.63) is 245 Å². The van der Waals surface area contributed by atoms with E-state index in [4.69, 9.17) is 0 Å². The number of nitrogens with zero attached hydrogens (tertiary/aromatic N) is 2. The van der Waals surface area contributed by atoms with Crippen LogP contribution in [-0.4, -0.2) is 0 Å². The van der Waals surface area contributed by atoms with E-state index in [1.807, 2.05) is 6.08 Å². The van der Waals surface area contributed by atoms with Crippen molar-refractivity contribution in [1.82, 2.24) is 0 Å². The van der Waals surface area contributed by atoms with Gasteiger partial charge in [0, 0.05) is 40.1 Å². The fourth-order valence-electron chi connectivity index (χ4n) is 7.98. The maximum absolute atomic E-state index is 4.17. The normalized spacial score (nSPS) is 16.0.